The van der Waals surface area contributed by atoms with Crippen LogP contribution < -0.4 is 5.73 Å². The lowest BCUT2D eigenvalue weighted by atomic mass is 10.0. The first-order chi connectivity index (χ1) is 6.86. The maximum atomic E-state index is 5.94. The molecule has 0 bridgehead atoms. The van der Waals surface area contributed by atoms with Crippen molar-refractivity contribution in [1.82, 2.24) is 0 Å². The van der Waals surface area contributed by atoms with Crippen LogP contribution in [-0.4, -0.2) is 6.04 Å². The van der Waals surface area contributed by atoms with Crippen LogP contribution in [0.3, 0.4) is 0 Å². The van der Waals surface area contributed by atoms with Gasteiger partial charge in [-0.25, -0.2) is 0 Å². The van der Waals surface area contributed by atoms with Crippen molar-refractivity contribution in [3.63, 3.8) is 0 Å². The van der Waals surface area contributed by atoms with Gasteiger partial charge in [-0.1, -0.05) is 36.4 Å². The van der Waals surface area contributed by atoms with Crippen LogP contribution in [0.25, 0.3) is 5.57 Å². The van der Waals surface area contributed by atoms with Gasteiger partial charge < -0.3 is 5.73 Å². The Hall–Kier alpha value is -1.08. The van der Waals surface area contributed by atoms with Gasteiger partial charge in [0.15, 0.2) is 0 Å². The average molecular weight is 187 g/mol. The minimum atomic E-state index is 0.396. The highest BCUT2D eigenvalue weighted by molar-refractivity contribution is 5.65. The topological polar surface area (TPSA) is 26.0 Å². The predicted octanol–water partition coefficient (Wildman–Crippen LogP) is 2.97. The molecule has 0 radical (unpaired) electrons. The molecular weight excluding hydrogens is 170 g/mol. The van der Waals surface area contributed by atoms with Crippen LogP contribution in [0, 0.1) is 0 Å². The highest BCUT2D eigenvalue weighted by Gasteiger charge is 2.09. The summed E-state index contributed by atoms with van der Waals surface area (Å²) in [6, 6.07) is 11.0. The number of nitrogens with two attached hydrogens (primary N) is 1. The molecule has 0 aromatic heterocycles. The summed E-state index contributed by atoms with van der Waals surface area (Å²) >= 11 is 0. The Morgan fingerprint density at radius 3 is 2.64 bits per heavy atom. The second-order valence-electron chi connectivity index (χ2n) is 3.97. The van der Waals surface area contributed by atoms with E-state index in [0.29, 0.717) is 6.04 Å². The third-order valence-electron chi connectivity index (χ3n) is 2.86. The molecule has 0 spiro atoms. The van der Waals surface area contributed by atoms with Crippen LogP contribution in [0.15, 0.2) is 36.4 Å². The van der Waals surface area contributed by atoms with Crippen molar-refractivity contribution >= 4 is 5.57 Å². The minimum Gasteiger partial charge on any atom is -0.328 e. The molecule has 0 saturated carbocycles. The molecule has 1 heteroatoms. The fraction of sp³-hybridized carbons (Fsp3) is 0.385. The van der Waals surface area contributed by atoms with Crippen LogP contribution in [0.4, 0.5) is 0 Å². The molecule has 0 saturated heterocycles. The lowest BCUT2D eigenvalue weighted by Crippen LogP contribution is -2.17. The molecule has 1 atom stereocenters. The van der Waals surface area contributed by atoms with Gasteiger partial charge in [0.1, 0.15) is 0 Å². The molecule has 2 N–H and O–H groups in total. The number of benzene rings is 1. The summed E-state index contributed by atoms with van der Waals surface area (Å²) in [7, 11) is 0. The molecule has 1 nitrogen and oxygen atoms in total. The van der Waals surface area contributed by atoms with Crippen LogP contribution in [-0.2, 0) is 0 Å². The zero-order chi connectivity index (χ0) is 9.80. The minimum absolute atomic E-state index is 0.396. The molecule has 2 rings (SSSR count). The van der Waals surface area contributed by atoms with Crippen molar-refractivity contribution in [2.24, 2.45) is 5.73 Å². The van der Waals surface area contributed by atoms with Gasteiger partial charge in [0.2, 0.25) is 0 Å². The molecule has 1 unspecified atom stereocenters. The third kappa shape index (κ3) is 2.24. The largest absolute Gasteiger partial charge is 0.328 e. The molecule has 1 aliphatic rings. The summed E-state index contributed by atoms with van der Waals surface area (Å²) in [4.78, 5) is 0. The summed E-state index contributed by atoms with van der Waals surface area (Å²) in [6.45, 7) is 0. The van der Waals surface area contributed by atoms with E-state index in [-0.39, 0.29) is 0 Å². The summed E-state index contributed by atoms with van der Waals surface area (Å²) in [5, 5.41) is 0. The van der Waals surface area contributed by atoms with E-state index in [9.17, 15) is 0 Å². The van der Waals surface area contributed by atoms with Gasteiger partial charge in [-0.2, -0.15) is 0 Å². The number of hydrogen-bond acceptors (Lipinski definition) is 1. The average Bonchev–Trinajstić information content (AvgIpc) is 2.44. The summed E-state index contributed by atoms with van der Waals surface area (Å²) in [5.74, 6) is 0. The smallest absolute Gasteiger partial charge is 0.00449 e. The maximum absolute atomic E-state index is 5.94. The lowest BCUT2D eigenvalue weighted by Gasteiger charge is -2.07. The van der Waals surface area contributed by atoms with Gasteiger partial charge in [0.25, 0.3) is 0 Å². The predicted molar refractivity (Wildman–Crippen MR) is 60.9 cm³/mol. The first-order valence-corrected chi connectivity index (χ1v) is 5.36. The molecule has 1 aromatic rings. The molecule has 1 aromatic carbocycles. The van der Waals surface area contributed by atoms with Crippen molar-refractivity contribution in [2.45, 2.75) is 31.7 Å². The number of hydrogen-bond donors (Lipinski definition) is 1. The van der Waals surface area contributed by atoms with Crippen LogP contribution >= 0.6 is 0 Å². The summed E-state index contributed by atoms with van der Waals surface area (Å²) in [6.07, 6.45) is 6.87. The van der Waals surface area contributed by atoms with Crippen LogP contribution in [0.5, 0.6) is 0 Å². The summed E-state index contributed by atoms with van der Waals surface area (Å²) in [5.41, 5.74) is 8.78. The van der Waals surface area contributed by atoms with E-state index < -0.39 is 0 Å². The highest BCUT2D eigenvalue weighted by Crippen LogP contribution is 2.25. The fourth-order valence-corrected chi connectivity index (χ4v) is 1.97. The van der Waals surface area contributed by atoms with Gasteiger partial charge in [-0.05, 0) is 36.8 Å². The van der Waals surface area contributed by atoms with Crippen molar-refractivity contribution in [3.8, 4) is 0 Å². The Labute approximate surface area is 85.6 Å². The first-order valence-electron chi connectivity index (χ1n) is 5.36. The van der Waals surface area contributed by atoms with Gasteiger partial charge in [0.05, 0.1) is 0 Å². The monoisotopic (exact) mass is 187 g/mol. The molecule has 0 aliphatic heterocycles. The Kier molecular flexibility index (Phi) is 3.00. The molecule has 1 aliphatic carbocycles. The molecule has 0 amide bonds. The SMILES string of the molecule is NC1CCC=C(c2ccccc2)CC1. The van der Waals surface area contributed by atoms with E-state index in [0.717, 1.165) is 25.7 Å². The Morgan fingerprint density at radius 2 is 1.86 bits per heavy atom. The summed E-state index contributed by atoms with van der Waals surface area (Å²) < 4.78 is 0. The number of rotatable bonds is 1. The first kappa shape index (κ1) is 9.47. The standard InChI is InChI=1S/C13H17N/c14-13-8-4-7-12(9-10-13)11-5-2-1-3-6-11/h1-3,5-7,13H,4,8-10,14H2. The van der Waals surface area contributed by atoms with Crippen LogP contribution in [0.1, 0.15) is 31.2 Å². The Bertz CT molecular complexity index is 313. The fourth-order valence-electron chi connectivity index (χ4n) is 1.97. The van der Waals surface area contributed by atoms with E-state index in [1.165, 1.54) is 11.1 Å². The second kappa shape index (κ2) is 4.43. The quantitative estimate of drug-likeness (QED) is 0.718. The maximum Gasteiger partial charge on any atom is 0.00449 e. The molecule has 14 heavy (non-hydrogen) atoms. The normalized spacial score (nSPS) is 22.6. The number of allylic oxidation sites excluding steroid dienone is 2. The zero-order valence-corrected chi connectivity index (χ0v) is 8.45. The third-order valence-corrected chi connectivity index (χ3v) is 2.86. The Morgan fingerprint density at radius 1 is 1.07 bits per heavy atom. The van der Waals surface area contributed by atoms with E-state index in [4.69, 9.17) is 5.73 Å². The second-order valence-corrected chi connectivity index (χ2v) is 3.97. The van der Waals surface area contributed by atoms with Crippen molar-refractivity contribution < 1.29 is 0 Å². The van der Waals surface area contributed by atoms with Crippen molar-refractivity contribution in [2.75, 3.05) is 0 Å². The molecule has 74 valence electrons. The van der Waals surface area contributed by atoms with Gasteiger partial charge in [-0.15, -0.1) is 0 Å². The van der Waals surface area contributed by atoms with Crippen molar-refractivity contribution in [1.29, 1.82) is 0 Å². The van der Waals surface area contributed by atoms with Crippen molar-refractivity contribution in [3.05, 3.63) is 42.0 Å². The lowest BCUT2D eigenvalue weighted by molar-refractivity contribution is 0.595. The van der Waals surface area contributed by atoms with E-state index >= 15 is 0 Å². The molecular formula is C13H17N. The van der Waals surface area contributed by atoms with Gasteiger partial charge in [0, 0.05) is 6.04 Å². The van der Waals surface area contributed by atoms with Crippen LogP contribution in [0.2, 0.25) is 0 Å². The molecule has 0 fully saturated rings. The van der Waals surface area contributed by atoms with E-state index in [2.05, 4.69) is 36.4 Å². The van der Waals surface area contributed by atoms with E-state index in [1.807, 2.05) is 0 Å². The highest BCUT2D eigenvalue weighted by atomic mass is 14.6. The van der Waals surface area contributed by atoms with Gasteiger partial charge >= 0.3 is 0 Å². The van der Waals surface area contributed by atoms with E-state index in [1.54, 1.807) is 0 Å². The van der Waals surface area contributed by atoms with Gasteiger partial charge in [-0.3, -0.25) is 0 Å². The Balaban J connectivity index is 2.15. The molecule has 0 heterocycles. The zero-order valence-electron chi connectivity index (χ0n) is 8.45.